The Morgan fingerprint density at radius 1 is 1.23 bits per heavy atom. The summed E-state index contributed by atoms with van der Waals surface area (Å²) in [4.78, 5) is 16.2. The van der Waals surface area contributed by atoms with Gasteiger partial charge in [-0.1, -0.05) is 18.2 Å². The average molecular weight is 313 g/mol. The quantitative estimate of drug-likeness (QED) is 0.561. The minimum atomic E-state index is -0.264. The van der Waals surface area contributed by atoms with Crippen molar-refractivity contribution in [1.29, 1.82) is 0 Å². The summed E-state index contributed by atoms with van der Waals surface area (Å²) in [5, 5.41) is 13.5. The smallest absolute Gasteiger partial charge is 0.255 e. The number of hydrogen-bond acceptors (Lipinski definition) is 4. The molecule has 0 aliphatic rings. The molecule has 2 aromatic heterocycles. The van der Waals surface area contributed by atoms with Crippen LogP contribution < -0.4 is 5.32 Å². The zero-order valence-electron chi connectivity index (χ0n) is 11.8. The Balaban J connectivity index is 1.55. The van der Waals surface area contributed by atoms with Gasteiger partial charge in [-0.3, -0.25) is 9.20 Å². The van der Waals surface area contributed by atoms with Gasteiger partial charge in [0.2, 0.25) is 0 Å². The summed E-state index contributed by atoms with van der Waals surface area (Å²) in [5.41, 5.74) is 1.20. The fourth-order valence-electron chi connectivity index (χ4n) is 2.12. The third-order valence-corrected chi connectivity index (χ3v) is 4.21. The molecule has 0 spiro atoms. The van der Waals surface area contributed by atoms with Crippen molar-refractivity contribution in [1.82, 2.24) is 14.7 Å². The molecule has 3 rings (SSSR count). The highest BCUT2D eigenvalue weighted by atomic mass is 32.2. The number of nitrogens with zero attached hydrogens (tertiary/aromatic N) is 2. The lowest BCUT2D eigenvalue weighted by Crippen LogP contribution is -2.25. The van der Waals surface area contributed by atoms with Gasteiger partial charge < -0.3 is 10.4 Å². The standard InChI is InChI=1S/C16H15N3O2S/c20-13-5-2-1-4-12(13)16(21)18-9-11-22-15-7-3-6-14-17-8-10-19(14)15/h1-8,10,20H,9,11H2,(H,18,21). The minimum Gasteiger partial charge on any atom is -0.507 e. The number of carbonyl (C=O) groups excluding carboxylic acids is 1. The summed E-state index contributed by atoms with van der Waals surface area (Å²) in [7, 11) is 0. The van der Waals surface area contributed by atoms with Crippen LogP contribution in [0, 0.1) is 0 Å². The normalized spacial score (nSPS) is 10.7. The largest absolute Gasteiger partial charge is 0.507 e. The summed E-state index contributed by atoms with van der Waals surface area (Å²) in [6, 6.07) is 12.4. The van der Waals surface area contributed by atoms with Crippen LogP contribution >= 0.6 is 11.8 Å². The second kappa shape index (κ2) is 6.53. The van der Waals surface area contributed by atoms with Gasteiger partial charge >= 0.3 is 0 Å². The maximum absolute atomic E-state index is 12.0. The first kappa shape index (κ1) is 14.5. The van der Waals surface area contributed by atoms with Crippen LogP contribution in [-0.4, -0.2) is 32.7 Å². The van der Waals surface area contributed by atoms with Crippen molar-refractivity contribution in [2.75, 3.05) is 12.3 Å². The number of aromatic nitrogens is 2. The second-order valence-electron chi connectivity index (χ2n) is 4.64. The molecule has 0 aliphatic carbocycles. The third kappa shape index (κ3) is 3.07. The summed E-state index contributed by atoms with van der Waals surface area (Å²) in [6.07, 6.45) is 3.68. The van der Waals surface area contributed by atoms with Crippen molar-refractivity contribution in [2.24, 2.45) is 0 Å². The van der Waals surface area contributed by atoms with E-state index in [2.05, 4.69) is 10.3 Å². The molecule has 2 N–H and O–H groups in total. The van der Waals surface area contributed by atoms with Gasteiger partial charge in [0, 0.05) is 24.7 Å². The molecule has 6 heteroatoms. The number of thioether (sulfide) groups is 1. The van der Waals surface area contributed by atoms with Crippen LogP contribution in [-0.2, 0) is 0 Å². The first-order chi connectivity index (χ1) is 10.8. The summed E-state index contributed by atoms with van der Waals surface area (Å²) < 4.78 is 2.01. The van der Waals surface area contributed by atoms with Gasteiger partial charge in [0.1, 0.15) is 11.4 Å². The molecular weight excluding hydrogens is 298 g/mol. The Labute approximate surface area is 132 Å². The number of nitrogens with one attached hydrogen (secondary N) is 1. The molecule has 2 heterocycles. The van der Waals surface area contributed by atoms with Gasteiger partial charge in [0.05, 0.1) is 10.6 Å². The monoisotopic (exact) mass is 313 g/mol. The van der Waals surface area contributed by atoms with Crippen molar-refractivity contribution in [3.8, 4) is 5.75 Å². The van der Waals surface area contributed by atoms with Gasteiger partial charge in [0.15, 0.2) is 0 Å². The molecule has 3 aromatic rings. The Morgan fingerprint density at radius 3 is 2.95 bits per heavy atom. The van der Waals surface area contributed by atoms with Crippen molar-refractivity contribution >= 4 is 23.3 Å². The fourth-order valence-corrected chi connectivity index (χ4v) is 3.00. The maximum Gasteiger partial charge on any atom is 0.255 e. The number of phenolic OH excluding ortho intramolecular Hbond substituents is 1. The molecule has 0 fully saturated rings. The Hall–Kier alpha value is -2.47. The van der Waals surface area contributed by atoms with Crippen LogP contribution in [0.15, 0.2) is 59.9 Å². The number of fused-ring (bicyclic) bond motifs is 1. The molecule has 1 aromatic carbocycles. The maximum atomic E-state index is 12.0. The van der Waals surface area contributed by atoms with Crippen LogP contribution in [0.2, 0.25) is 0 Å². The lowest BCUT2D eigenvalue weighted by molar-refractivity contribution is 0.0953. The van der Waals surface area contributed by atoms with E-state index in [1.54, 1.807) is 36.2 Å². The molecular formula is C16H15N3O2S. The highest BCUT2D eigenvalue weighted by Crippen LogP contribution is 2.19. The molecule has 0 atom stereocenters. The molecule has 0 saturated heterocycles. The predicted molar refractivity (Wildman–Crippen MR) is 86.4 cm³/mol. The number of benzene rings is 1. The summed E-state index contributed by atoms with van der Waals surface area (Å²) >= 11 is 1.64. The van der Waals surface area contributed by atoms with Crippen molar-refractivity contribution in [2.45, 2.75) is 5.03 Å². The molecule has 22 heavy (non-hydrogen) atoms. The first-order valence-electron chi connectivity index (χ1n) is 6.87. The lowest BCUT2D eigenvalue weighted by atomic mass is 10.2. The topological polar surface area (TPSA) is 66.6 Å². The van der Waals surface area contributed by atoms with E-state index in [0.717, 1.165) is 16.4 Å². The molecule has 0 aliphatic heterocycles. The predicted octanol–water partition coefficient (Wildman–Crippen LogP) is 2.56. The van der Waals surface area contributed by atoms with Gasteiger partial charge in [-0.2, -0.15) is 0 Å². The summed E-state index contributed by atoms with van der Waals surface area (Å²) in [6.45, 7) is 0.517. The number of amides is 1. The number of aromatic hydroxyl groups is 1. The second-order valence-corrected chi connectivity index (χ2v) is 5.76. The van der Waals surface area contributed by atoms with Crippen molar-refractivity contribution in [3.63, 3.8) is 0 Å². The Kier molecular flexibility index (Phi) is 4.29. The SMILES string of the molecule is O=C(NCCSc1cccc2nccn12)c1ccccc1O. The van der Waals surface area contributed by atoms with Crippen LogP contribution in [0.1, 0.15) is 10.4 Å². The first-order valence-corrected chi connectivity index (χ1v) is 7.85. The molecule has 5 nitrogen and oxygen atoms in total. The number of pyridine rings is 1. The van der Waals surface area contributed by atoms with Crippen molar-refractivity contribution in [3.05, 3.63) is 60.4 Å². The highest BCUT2D eigenvalue weighted by Gasteiger charge is 2.09. The Morgan fingerprint density at radius 2 is 2.09 bits per heavy atom. The number of imidazole rings is 1. The van der Waals surface area contributed by atoms with E-state index in [9.17, 15) is 9.90 Å². The number of hydrogen-bond donors (Lipinski definition) is 2. The Bertz CT molecular complexity index is 801. The van der Waals surface area contributed by atoms with Gasteiger partial charge in [-0.25, -0.2) is 4.98 Å². The fraction of sp³-hybridized carbons (Fsp3) is 0.125. The van der Waals surface area contributed by atoms with Crippen LogP contribution in [0.4, 0.5) is 0 Å². The van der Waals surface area contributed by atoms with E-state index >= 15 is 0 Å². The van der Waals surface area contributed by atoms with E-state index in [4.69, 9.17) is 0 Å². The van der Waals surface area contributed by atoms with E-state index in [0.29, 0.717) is 12.1 Å². The van der Waals surface area contributed by atoms with Gasteiger partial charge in [-0.05, 0) is 24.3 Å². The van der Waals surface area contributed by atoms with Crippen LogP contribution in [0.5, 0.6) is 5.75 Å². The molecule has 0 unspecified atom stereocenters. The number of phenols is 1. The molecule has 0 saturated carbocycles. The van der Waals surface area contributed by atoms with Gasteiger partial charge in [0.25, 0.3) is 5.91 Å². The minimum absolute atomic E-state index is 0.00386. The van der Waals surface area contributed by atoms with E-state index in [1.165, 1.54) is 6.07 Å². The molecule has 0 bridgehead atoms. The van der Waals surface area contributed by atoms with Gasteiger partial charge in [-0.15, -0.1) is 11.8 Å². The van der Waals surface area contributed by atoms with E-state index in [1.807, 2.05) is 28.8 Å². The lowest BCUT2D eigenvalue weighted by Gasteiger charge is -2.07. The number of rotatable bonds is 5. The zero-order chi connectivity index (χ0) is 15.4. The van der Waals surface area contributed by atoms with Crippen molar-refractivity contribution < 1.29 is 9.90 Å². The van der Waals surface area contributed by atoms with E-state index < -0.39 is 0 Å². The molecule has 0 radical (unpaired) electrons. The number of para-hydroxylation sites is 1. The van der Waals surface area contributed by atoms with Crippen LogP contribution in [0.25, 0.3) is 5.65 Å². The molecule has 112 valence electrons. The van der Waals surface area contributed by atoms with E-state index in [-0.39, 0.29) is 11.7 Å². The molecule has 1 amide bonds. The third-order valence-electron chi connectivity index (χ3n) is 3.18. The summed E-state index contributed by atoms with van der Waals surface area (Å²) in [5.74, 6) is 0.465. The van der Waals surface area contributed by atoms with Crippen LogP contribution in [0.3, 0.4) is 0 Å². The zero-order valence-corrected chi connectivity index (χ0v) is 12.6. The highest BCUT2D eigenvalue weighted by molar-refractivity contribution is 7.99. The average Bonchev–Trinajstić information content (AvgIpc) is 3.01. The number of carbonyl (C=O) groups is 1.